The van der Waals surface area contributed by atoms with E-state index in [0.717, 1.165) is 16.7 Å². The molecule has 0 heterocycles. The predicted octanol–water partition coefficient (Wildman–Crippen LogP) is 1.15. The van der Waals surface area contributed by atoms with Gasteiger partial charge in [0.25, 0.3) is 8.32 Å². The van der Waals surface area contributed by atoms with E-state index in [2.05, 4.69) is 10.6 Å². The van der Waals surface area contributed by atoms with E-state index in [1.807, 2.05) is 81.4 Å². The summed E-state index contributed by atoms with van der Waals surface area (Å²) in [5.74, 6) is -1.03. The van der Waals surface area contributed by atoms with Gasteiger partial charge in [-0.3, -0.25) is 4.79 Å². The molecule has 0 radical (unpaired) electrons. The second-order valence-electron chi connectivity index (χ2n) is 8.63. The van der Waals surface area contributed by atoms with Crippen LogP contribution >= 0.6 is 0 Å². The van der Waals surface area contributed by atoms with E-state index in [1.54, 1.807) is 0 Å². The van der Waals surface area contributed by atoms with Gasteiger partial charge in [-0.1, -0.05) is 81.4 Å². The first-order valence-corrected chi connectivity index (χ1v) is 13.2. The van der Waals surface area contributed by atoms with E-state index < -0.39 is 25.4 Å². The fraction of sp³-hybridized carbons (Fsp3) is 0.440. The average molecular weight is 473 g/mol. The van der Waals surface area contributed by atoms with Crippen molar-refractivity contribution < 1.29 is 24.2 Å². The Balaban J connectivity index is 2.41. The maximum Gasteiger partial charge on any atom is 0.323 e. The number of hydrogen-bond donors (Lipinski definition) is 4. The van der Waals surface area contributed by atoms with Crippen molar-refractivity contribution in [2.24, 2.45) is 0 Å². The molecule has 0 aliphatic rings. The van der Waals surface area contributed by atoms with E-state index in [-0.39, 0.29) is 19.3 Å². The summed E-state index contributed by atoms with van der Waals surface area (Å²) in [6, 6.07) is 18.3. The minimum absolute atomic E-state index is 0.0130. The van der Waals surface area contributed by atoms with E-state index in [0.29, 0.717) is 19.5 Å². The molecule has 2 atom stereocenters. The Bertz CT molecular complexity index is 818. The summed E-state index contributed by atoms with van der Waals surface area (Å²) >= 11 is 0. The number of nitrogens with one attached hydrogen (secondary N) is 2. The highest BCUT2D eigenvalue weighted by Crippen LogP contribution is 2.35. The van der Waals surface area contributed by atoms with E-state index in [4.69, 9.17) is 4.43 Å². The molecule has 0 saturated heterocycles. The van der Waals surface area contributed by atoms with Crippen LogP contribution in [0.25, 0.3) is 0 Å². The highest BCUT2D eigenvalue weighted by Gasteiger charge is 2.53. The summed E-state index contributed by atoms with van der Waals surface area (Å²) in [4.78, 5) is 24.4. The highest BCUT2D eigenvalue weighted by atomic mass is 28.4. The summed E-state index contributed by atoms with van der Waals surface area (Å²) in [5.41, 5.74) is 0. The fourth-order valence-electron chi connectivity index (χ4n) is 4.12. The molecule has 2 rings (SSSR count). The van der Waals surface area contributed by atoms with Crippen molar-refractivity contribution in [2.75, 3.05) is 26.3 Å². The maximum atomic E-state index is 12.3. The zero-order valence-corrected chi connectivity index (χ0v) is 20.7. The third-order valence-electron chi connectivity index (χ3n) is 5.91. The Labute approximate surface area is 197 Å². The lowest BCUT2D eigenvalue weighted by Crippen LogP contribution is -2.68. The first-order valence-electron chi connectivity index (χ1n) is 11.3. The summed E-state index contributed by atoms with van der Waals surface area (Å²) in [6.45, 7) is 6.68. The van der Waals surface area contributed by atoms with E-state index >= 15 is 0 Å². The number of likely N-dealkylation sites (N-methyl/N-ethyl adjacent to an activating group) is 1. The number of aldehydes is 1. The van der Waals surface area contributed by atoms with E-state index in [9.17, 15) is 19.8 Å². The van der Waals surface area contributed by atoms with Crippen LogP contribution in [-0.2, 0) is 14.0 Å². The van der Waals surface area contributed by atoms with Crippen molar-refractivity contribution in [3.05, 3.63) is 60.7 Å². The van der Waals surface area contributed by atoms with Crippen molar-refractivity contribution in [3.63, 3.8) is 0 Å². The van der Waals surface area contributed by atoms with Gasteiger partial charge in [-0.05, 0) is 23.3 Å². The molecule has 4 N–H and O–H groups in total. The Morgan fingerprint density at radius 1 is 1.06 bits per heavy atom. The summed E-state index contributed by atoms with van der Waals surface area (Å²) in [6.07, 6.45) is 1.43. The molecular weight excluding hydrogens is 436 g/mol. The van der Waals surface area contributed by atoms with Crippen LogP contribution in [0.5, 0.6) is 0 Å². The molecule has 2 aromatic rings. The Morgan fingerprint density at radius 3 is 2.03 bits per heavy atom. The largest absolute Gasteiger partial charge is 0.480 e. The number of carbonyl (C=O) groups excluding carboxylic acids is 1. The maximum absolute atomic E-state index is 12.3. The number of aliphatic hydroxyl groups is 1. The van der Waals surface area contributed by atoms with Gasteiger partial charge in [0.15, 0.2) is 0 Å². The van der Waals surface area contributed by atoms with Crippen LogP contribution < -0.4 is 21.0 Å². The lowest BCUT2D eigenvalue weighted by Gasteiger charge is -2.42. The van der Waals surface area contributed by atoms with Gasteiger partial charge in [0.2, 0.25) is 0 Å². The topological polar surface area (TPSA) is 108 Å². The summed E-state index contributed by atoms with van der Waals surface area (Å²) < 4.78 is 6.63. The van der Waals surface area contributed by atoms with Crippen LogP contribution in [-0.4, -0.2) is 69.2 Å². The van der Waals surface area contributed by atoms with Crippen molar-refractivity contribution in [2.45, 2.75) is 44.3 Å². The van der Waals surface area contributed by atoms with Gasteiger partial charge in [-0.25, -0.2) is 0 Å². The van der Waals surface area contributed by atoms with Gasteiger partial charge in [0.05, 0.1) is 6.61 Å². The highest BCUT2D eigenvalue weighted by molar-refractivity contribution is 7.01. The lowest BCUT2D eigenvalue weighted by atomic mass is 10.2. The molecule has 0 amide bonds. The molecule has 2 aromatic carbocycles. The van der Waals surface area contributed by atoms with Crippen LogP contribution in [0.2, 0.25) is 5.04 Å². The number of hydrogen-bond acceptors (Lipinski definition) is 6. The molecule has 180 valence electrons. The molecule has 0 unspecified atom stereocenters. The number of benzene rings is 2. The number of rotatable bonds is 15. The second-order valence-corrected chi connectivity index (χ2v) is 12.7. The molecule has 0 aliphatic carbocycles. The third kappa shape index (κ3) is 6.58. The normalized spacial score (nSPS) is 13.9. The van der Waals surface area contributed by atoms with Gasteiger partial charge in [-0.15, -0.1) is 0 Å². The smallest absolute Gasteiger partial charge is 0.323 e. The van der Waals surface area contributed by atoms with Crippen LogP contribution in [0.1, 0.15) is 27.2 Å². The first kappa shape index (κ1) is 26.9. The average Bonchev–Trinajstić information content (AvgIpc) is 2.82. The zero-order chi connectivity index (χ0) is 24.3. The number of carboxylic acid groups (broad SMARTS) is 1. The Morgan fingerprint density at radius 2 is 1.61 bits per heavy atom. The predicted molar refractivity (Wildman–Crippen MR) is 133 cm³/mol. The SMILES string of the molecule is CCN[C@H](CCO)CN[C@H](CO[Si](c1ccccc1)(c1ccccc1)C(C)(C)C=O)C(=O)O. The first-order chi connectivity index (χ1) is 15.8. The minimum atomic E-state index is -3.20. The Hall–Kier alpha value is -2.36. The summed E-state index contributed by atoms with van der Waals surface area (Å²) in [7, 11) is -3.20. The lowest BCUT2D eigenvalue weighted by molar-refractivity contribution is -0.140. The van der Waals surface area contributed by atoms with Gasteiger partial charge in [0.1, 0.15) is 12.3 Å². The number of aliphatic carboxylic acids is 1. The van der Waals surface area contributed by atoms with Crippen molar-refractivity contribution in [1.82, 2.24) is 10.6 Å². The van der Waals surface area contributed by atoms with Crippen molar-refractivity contribution in [1.29, 1.82) is 0 Å². The number of carboxylic acids is 1. The molecular formula is C25H36N2O5Si. The monoisotopic (exact) mass is 472 g/mol. The van der Waals surface area contributed by atoms with Gasteiger partial charge in [0, 0.05) is 24.2 Å². The second kappa shape index (κ2) is 12.8. The van der Waals surface area contributed by atoms with Gasteiger partial charge < -0.3 is 30.1 Å². The Kier molecular flexibility index (Phi) is 10.4. The molecule has 0 bridgehead atoms. The fourth-order valence-corrected chi connectivity index (χ4v) is 8.56. The molecule has 0 fully saturated rings. The quantitative estimate of drug-likeness (QED) is 0.227. The van der Waals surface area contributed by atoms with Crippen LogP contribution in [0.15, 0.2) is 60.7 Å². The number of aliphatic hydroxyl groups excluding tert-OH is 1. The molecule has 8 heteroatoms. The third-order valence-corrected chi connectivity index (χ3v) is 10.7. The molecule has 0 aromatic heterocycles. The molecule has 0 saturated carbocycles. The van der Waals surface area contributed by atoms with Gasteiger partial charge in [-0.2, -0.15) is 0 Å². The van der Waals surface area contributed by atoms with Crippen LogP contribution in [0.4, 0.5) is 0 Å². The number of carbonyl (C=O) groups is 2. The standard InChI is InChI=1S/C25H36N2O5Si/c1-4-26-20(15-16-28)17-27-23(24(30)31)18-32-33(25(2,3)19-29,21-11-7-5-8-12-21)22-13-9-6-10-14-22/h5-14,19-20,23,26-28H,4,15-18H2,1-3H3,(H,30,31)/t20-,23-/m1/s1. The molecule has 33 heavy (non-hydrogen) atoms. The molecule has 0 aliphatic heterocycles. The van der Waals surface area contributed by atoms with Crippen molar-refractivity contribution >= 4 is 30.9 Å². The van der Waals surface area contributed by atoms with Crippen molar-refractivity contribution in [3.8, 4) is 0 Å². The van der Waals surface area contributed by atoms with Crippen LogP contribution in [0, 0.1) is 0 Å². The van der Waals surface area contributed by atoms with E-state index in [1.165, 1.54) is 0 Å². The summed E-state index contributed by atoms with van der Waals surface area (Å²) in [5, 5.41) is 26.4. The zero-order valence-electron chi connectivity index (χ0n) is 19.7. The molecule has 0 spiro atoms. The van der Waals surface area contributed by atoms with Crippen LogP contribution in [0.3, 0.4) is 0 Å². The minimum Gasteiger partial charge on any atom is -0.480 e. The molecule has 7 nitrogen and oxygen atoms in total. The van der Waals surface area contributed by atoms with Gasteiger partial charge >= 0.3 is 5.97 Å².